The SMILES string of the molecule is COc1cc2c(N3CCN(C(C)C(=O)N4CCCC4)CC3)ncnc2cc1F. The van der Waals surface area contributed by atoms with Gasteiger partial charge < -0.3 is 14.5 Å². The predicted octanol–water partition coefficient (Wildman–Crippen LogP) is 1.91. The predicted molar refractivity (Wildman–Crippen MR) is 105 cm³/mol. The number of rotatable bonds is 4. The van der Waals surface area contributed by atoms with Gasteiger partial charge in [0, 0.05) is 50.7 Å². The van der Waals surface area contributed by atoms with Gasteiger partial charge in [0.25, 0.3) is 0 Å². The molecular weight excluding hydrogens is 361 g/mol. The Morgan fingerprint density at radius 2 is 1.82 bits per heavy atom. The van der Waals surface area contributed by atoms with Gasteiger partial charge in [0.05, 0.1) is 18.7 Å². The zero-order valence-electron chi connectivity index (χ0n) is 16.4. The zero-order valence-corrected chi connectivity index (χ0v) is 16.4. The molecule has 4 rings (SSSR count). The summed E-state index contributed by atoms with van der Waals surface area (Å²) in [5, 5.41) is 0.774. The summed E-state index contributed by atoms with van der Waals surface area (Å²) in [7, 11) is 1.45. The number of fused-ring (bicyclic) bond motifs is 1. The van der Waals surface area contributed by atoms with E-state index in [4.69, 9.17) is 4.74 Å². The average Bonchev–Trinajstić information content (AvgIpc) is 3.26. The van der Waals surface area contributed by atoms with Crippen LogP contribution < -0.4 is 9.64 Å². The van der Waals surface area contributed by atoms with Crippen molar-refractivity contribution in [1.82, 2.24) is 19.8 Å². The van der Waals surface area contributed by atoms with E-state index in [1.807, 2.05) is 11.8 Å². The molecule has 0 spiro atoms. The highest BCUT2D eigenvalue weighted by molar-refractivity contribution is 5.90. The van der Waals surface area contributed by atoms with Gasteiger partial charge in [-0.15, -0.1) is 0 Å². The fourth-order valence-electron chi connectivity index (χ4n) is 4.13. The Labute approximate surface area is 164 Å². The van der Waals surface area contributed by atoms with E-state index in [0.717, 1.165) is 63.3 Å². The van der Waals surface area contributed by atoms with Crippen LogP contribution in [-0.2, 0) is 4.79 Å². The molecule has 0 saturated carbocycles. The van der Waals surface area contributed by atoms with Crippen molar-refractivity contribution in [1.29, 1.82) is 0 Å². The van der Waals surface area contributed by atoms with Crippen LogP contribution in [0.2, 0.25) is 0 Å². The first-order valence-corrected chi connectivity index (χ1v) is 9.84. The number of aromatic nitrogens is 2. The molecule has 28 heavy (non-hydrogen) atoms. The van der Waals surface area contributed by atoms with Crippen molar-refractivity contribution < 1.29 is 13.9 Å². The second-order valence-corrected chi connectivity index (χ2v) is 7.43. The molecule has 1 unspecified atom stereocenters. The summed E-state index contributed by atoms with van der Waals surface area (Å²) in [6.07, 6.45) is 3.68. The van der Waals surface area contributed by atoms with Crippen molar-refractivity contribution in [2.45, 2.75) is 25.8 Å². The Morgan fingerprint density at radius 3 is 2.50 bits per heavy atom. The van der Waals surface area contributed by atoms with Crippen LogP contribution in [0.5, 0.6) is 5.75 Å². The third-order valence-electron chi connectivity index (χ3n) is 5.82. The van der Waals surface area contributed by atoms with Crippen LogP contribution in [0.1, 0.15) is 19.8 Å². The summed E-state index contributed by atoms with van der Waals surface area (Å²) >= 11 is 0. The monoisotopic (exact) mass is 387 g/mol. The van der Waals surface area contributed by atoms with E-state index < -0.39 is 5.82 Å². The molecule has 1 aromatic heterocycles. The molecule has 0 N–H and O–H groups in total. The minimum absolute atomic E-state index is 0.100. The molecule has 2 aliphatic heterocycles. The van der Waals surface area contributed by atoms with Gasteiger partial charge in [-0.3, -0.25) is 9.69 Å². The largest absolute Gasteiger partial charge is 0.494 e. The van der Waals surface area contributed by atoms with Gasteiger partial charge >= 0.3 is 0 Å². The van der Waals surface area contributed by atoms with Crippen molar-refractivity contribution in [2.24, 2.45) is 0 Å². The molecule has 1 atom stereocenters. The number of ether oxygens (including phenoxy) is 1. The Bertz CT molecular complexity index is 863. The lowest BCUT2D eigenvalue weighted by Gasteiger charge is -2.39. The first kappa shape index (κ1) is 18.9. The van der Waals surface area contributed by atoms with Gasteiger partial charge in [0.1, 0.15) is 12.1 Å². The molecule has 0 bridgehead atoms. The number of anilines is 1. The zero-order chi connectivity index (χ0) is 19.7. The van der Waals surface area contributed by atoms with Crippen molar-refractivity contribution in [3.05, 3.63) is 24.3 Å². The van der Waals surface area contributed by atoms with Crippen molar-refractivity contribution in [3.8, 4) is 5.75 Å². The third kappa shape index (κ3) is 3.48. The highest BCUT2D eigenvalue weighted by atomic mass is 19.1. The highest BCUT2D eigenvalue weighted by Crippen LogP contribution is 2.30. The summed E-state index contributed by atoms with van der Waals surface area (Å²) < 4.78 is 19.1. The van der Waals surface area contributed by atoms with Crippen LogP contribution in [0, 0.1) is 5.82 Å². The number of methoxy groups -OCH3 is 1. The smallest absolute Gasteiger partial charge is 0.239 e. The Balaban J connectivity index is 1.48. The van der Waals surface area contributed by atoms with E-state index in [0.29, 0.717) is 5.52 Å². The first-order valence-electron chi connectivity index (χ1n) is 9.84. The van der Waals surface area contributed by atoms with Crippen LogP contribution in [0.4, 0.5) is 10.2 Å². The molecular formula is C20H26FN5O2. The minimum Gasteiger partial charge on any atom is -0.494 e. The number of halogens is 1. The number of carbonyl (C=O) groups is 1. The molecule has 150 valence electrons. The van der Waals surface area contributed by atoms with E-state index in [9.17, 15) is 9.18 Å². The molecule has 7 nitrogen and oxygen atoms in total. The molecule has 0 radical (unpaired) electrons. The summed E-state index contributed by atoms with van der Waals surface area (Å²) in [6.45, 7) is 6.84. The Hall–Kier alpha value is -2.48. The number of carbonyl (C=O) groups excluding carboxylic acids is 1. The van der Waals surface area contributed by atoms with E-state index >= 15 is 0 Å². The number of likely N-dealkylation sites (tertiary alicyclic amines) is 1. The number of amides is 1. The second-order valence-electron chi connectivity index (χ2n) is 7.43. The lowest BCUT2D eigenvalue weighted by molar-refractivity contribution is -0.135. The van der Waals surface area contributed by atoms with Crippen LogP contribution in [0.3, 0.4) is 0 Å². The van der Waals surface area contributed by atoms with E-state index in [1.54, 1.807) is 6.07 Å². The molecule has 3 heterocycles. The van der Waals surface area contributed by atoms with Gasteiger partial charge in [-0.1, -0.05) is 0 Å². The first-order chi connectivity index (χ1) is 13.6. The van der Waals surface area contributed by atoms with Crippen molar-refractivity contribution in [2.75, 3.05) is 51.3 Å². The Morgan fingerprint density at radius 1 is 1.11 bits per heavy atom. The van der Waals surface area contributed by atoms with Crippen LogP contribution >= 0.6 is 0 Å². The van der Waals surface area contributed by atoms with Crippen molar-refractivity contribution in [3.63, 3.8) is 0 Å². The molecule has 0 aliphatic carbocycles. The number of hydrogen-bond donors (Lipinski definition) is 0. The number of benzene rings is 1. The van der Waals surface area contributed by atoms with Gasteiger partial charge in [0.2, 0.25) is 5.91 Å². The highest BCUT2D eigenvalue weighted by Gasteiger charge is 2.30. The normalized spacial score (nSPS) is 19.2. The van der Waals surface area contributed by atoms with Crippen LogP contribution in [0.15, 0.2) is 18.5 Å². The molecule has 2 saturated heterocycles. The lowest BCUT2D eigenvalue weighted by Crippen LogP contribution is -2.54. The van der Waals surface area contributed by atoms with Crippen LogP contribution in [0.25, 0.3) is 10.9 Å². The van der Waals surface area contributed by atoms with Gasteiger partial charge in [-0.2, -0.15) is 0 Å². The molecule has 2 aromatic rings. The maximum atomic E-state index is 14.0. The van der Waals surface area contributed by atoms with E-state index in [2.05, 4.69) is 19.8 Å². The maximum Gasteiger partial charge on any atom is 0.239 e. The summed E-state index contributed by atoms with van der Waals surface area (Å²) in [5.74, 6) is 0.769. The number of nitrogens with zero attached hydrogens (tertiary/aromatic N) is 5. The Kier molecular flexibility index (Phi) is 5.30. The summed E-state index contributed by atoms with van der Waals surface area (Å²) in [4.78, 5) is 27.7. The third-order valence-corrected chi connectivity index (χ3v) is 5.82. The molecule has 8 heteroatoms. The lowest BCUT2D eigenvalue weighted by atomic mass is 10.1. The fraction of sp³-hybridized carbons (Fsp3) is 0.550. The van der Waals surface area contributed by atoms with Gasteiger partial charge in [-0.05, 0) is 25.8 Å². The standard InChI is InChI=1S/C20H26FN5O2/c1-14(20(27)26-5-3-4-6-26)24-7-9-25(10-8-24)19-15-11-18(28-2)16(21)12-17(15)22-13-23-19/h11-14H,3-10H2,1-2H3. The fourth-order valence-corrected chi connectivity index (χ4v) is 4.13. The minimum atomic E-state index is -0.432. The molecule has 2 aliphatic rings. The van der Waals surface area contributed by atoms with Crippen LogP contribution in [-0.4, -0.2) is 78.1 Å². The molecule has 1 amide bonds. The maximum absolute atomic E-state index is 14.0. The number of piperazine rings is 1. The van der Waals surface area contributed by atoms with Gasteiger partial charge in [0.15, 0.2) is 11.6 Å². The van der Waals surface area contributed by atoms with Gasteiger partial charge in [-0.25, -0.2) is 14.4 Å². The summed E-state index contributed by atoms with van der Waals surface area (Å²) in [6, 6.07) is 2.94. The number of hydrogen-bond acceptors (Lipinski definition) is 6. The molecule has 1 aromatic carbocycles. The summed E-state index contributed by atoms with van der Waals surface area (Å²) in [5.41, 5.74) is 0.559. The molecule has 2 fully saturated rings. The topological polar surface area (TPSA) is 61.8 Å². The average molecular weight is 387 g/mol. The van der Waals surface area contributed by atoms with E-state index in [1.165, 1.54) is 19.5 Å². The van der Waals surface area contributed by atoms with Crippen molar-refractivity contribution >= 4 is 22.6 Å². The second kappa shape index (κ2) is 7.87. The van der Waals surface area contributed by atoms with E-state index in [-0.39, 0.29) is 17.7 Å². The quantitative estimate of drug-likeness (QED) is 0.799.